The standard InChI is InChI=1S/C22H34N4O2.HI/c1-23-21(25-17-22(13-15-28-2)11-5-6-12-22)24-16-20(27)26-14-7-9-18-8-3-4-10-19(18)26;/h3-4,8,10H,5-7,9,11-17H2,1-2H3,(H2,23,24,25);1H. The highest BCUT2D eigenvalue weighted by molar-refractivity contribution is 14.0. The zero-order valence-corrected chi connectivity index (χ0v) is 20.0. The Kier molecular flexibility index (Phi) is 9.68. The Morgan fingerprint density at radius 2 is 1.97 bits per heavy atom. The lowest BCUT2D eigenvalue weighted by Gasteiger charge is -2.31. The van der Waals surface area contributed by atoms with Crippen LogP contribution in [0.5, 0.6) is 0 Å². The molecule has 1 amide bonds. The first-order valence-electron chi connectivity index (χ1n) is 10.5. The van der Waals surface area contributed by atoms with Crippen LogP contribution in [0.25, 0.3) is 0 Å². The van der Waals surface area contributed by atoms with Gasteiger partial charge in [-0.05, 0) is 49.1 Å². The van der Waals surface area contributed by atoms with Crippen LogP contribution in [0.4, 0.5) is 5.69 Å². The van der Waals surface area contributed by atoms with E-state index in [1.54, 1.807) is 14.2 Å². The molecule has 1 heterocycles. The molecular formula is C22H35IN4O2. The van der Waals surface area contributed by atoms with Gasteiger partial charge < -0.3 is 20.3 Å². The fourth-order valence-electron chi connectivity index (χ4n) is 4.50. The first-order chi connectivity index (χ1) is 13.7. The van der Waals surface area contributed by atoms with E-state index in [0.29, 0.717) is 5.96 Å². The number of anilines is 1. The maximum Gasteiger partial charge on any atom is 0.246 e. The van der Waals surface area contributed by atoms with Crippen LogP contribution in [0.15, 0.2) is 29.3 Å². The molecule has 1 aromatic carbocycles. The number of ether oxygens (including phenoxy) is 1. The zero-order chi connectivity index (χ0) is 19.8. The van der Waals surface area contributed by atoms with Gasteiger partial charge in [-0.3, -0.25) is 9.79 Å². The molecule has 0 aromatic heterocycles. The van der Waals surface area contributed by atoms with Crippen molar-refractivity contribution in [2.75, 3.05) is 45.3 Å². The molecule has 29 heavy (non-hydrogen) atoms. The summed E-state index contributed by atoms with van der Waals surface area (Å²) in [7, 11) is 3.52. The number of carbonyl (C=O) groups is 1. The summed E-state index contributed by atoms with van der Waals surface area (Å²) in [5.74, 6) is 0.785. The fourth-order valence-corrected chi connectivity index (χ4v) is 4.50. The van der Waals surface area contributed by atoms with E-state index in [9.17, 15) is 4.79 Å². The summed E-state index contributed by atoms with van der Waals surface area (Å²) >= 11 is 0. The molecule has 2 N–H and O–H groups in total. The van der Waals surface area contributed by atoms with Gasteiger partial charge in [-0.25, -0.2) is 0 Å². The average Bonchev–Trinajstić information content (AvgIpc) is 3.21. The summed E-state index contributed by atoms with van der Waals surface area (Å²) in [6.45, 7) is 2.69. The molecule has 7 heteroatoms. The quantitative estimate of drug-likeness (QED) is 0.333. The van der Waals surface area contributed by atoms with Crippen molar-refractivity contribution < 1.29 is 9.53 Å². The number of para-hydroxylation sites is 1. The van der Waals surface area contributed by atoms with E-state index in [0.717, 1.165) is 44.6 Å². The summed E-state index contributed by atoms with van der Waals surface area (Å²) in [5.41, 5.74) is 2.59. The van der Waals surface area contributed by atoms with Crippen LogP contribution < -0.4 is 15.5 Å². The predicted molar refractivity (Wildman–Crippen MR) is 129 cm³/mol. The molecule has 1 aliphatic heterocycles. The summed E-state index contributed by atoms with van der Waals surface area (Å²) in [6, 6.07) is 8.20. The van der Waals surface area contributed by atoms with Crippen LogP contribution in [0.3, 0.4) is 0 Å². The zero-order valence-electron chi connectivity index (χ0n) is 17.7. The monoisotopic (exact) mass is 514 g/mol. The normalized spacial score (nSPS) is 18.0. The summed E-state index contributed by atoms with van der Waals surface area (Å²) in [6.07, 6.45) is 8.14. The Morgan fingerprint density at radius 3 is 2.69 bits per heavy atom. The number of fused-ring (bicyclic) bond motifs is 1. The first-order valence-corrected chi connectivity index (χ1v) is 10.5. The number of methoxy groups -OCH3 is 1. The van der Waals surface area contributed by atoms with Crippen molar-refractivity contribution >= 4 is 41.5 Å². The molecule has 162 valence electrons. The van der Waals surface area contributed by atoms with Crippen molar-refractivity contribution in [2.45, 2.75) is 44.9 Å². The number of rotatable bonds is 7. The van der Waals surface area contributed by atoms with Crippen molar-refractivity contribution in [3.05, 3.63) is 29.8 Å². The lowest BCUT2D eigenvalue weighted by Crippen LogP contribution is -2.48. The van der Waals surface area contributed by atoms with Gasteiger partial charge in [0.2, 0.25) is 5.91 Å². The average molecular weight is 514 g/mol. The molecule has 0 saturated heterocycles. The maximum absolute atomic E-state index is 12.8. The number of aryl methyl sites for hydroxylation is 1. The molecule has 1 fully saturated rings. The van der Waals surface area contributed by atoms with Gasteiger partial charge in [0.1, 0.15) is 0 Å². The van der Waals surface area contributed by atoms with E-state index in [1.165, 1.54) is 31.2 Å². The highest BCUT2D eigenvalue weighted by Crippen LogP contribution is 2.40. The minimum atomic E-state index is 0. The highest BCUT2D eigenvalue weighted by Gasteiger charge is 2.33. The van der Waals surface area contributed by atoms with Crippen molar-refractivity contribution in [1.29, 1.82) is 0 Å². The van der Waals surface area contributed by atoms with E-state index < -0.39 is 0 Å². The third-order valence-electron chi connectivity index (χ3n) is 6.17. The van der Waals surface area contributed by atoms with E-state index in [-0.39, 0.29) is 41.8 Å². The summed E-state index contributed by atoms with van der Waals surface area (Å²) in [4.78, 5) is 19.0. The Morgan fingerprint density at radius 1 is 1.21 bits per heavy atom. The lowest BCUT2D eigenvalue weighted by molar-refractivity contribution is -0.117. The number of amides is 1. The Labute approximate surface area is 191 Å². The van der Waals surface area contributed by atoms with E-state index in [1.807, 2.05) is 23.1 Å². The van der Waals surface area contributed by atoms with Crippen molar-refractivity contribution in [3.63, 3.8) is 0 Å². The number of guanidine groups is 1. The van der Waals surface area contributed by atoms with Gasteiger partial charge in [0.05, 0.1) is 6.54 Å². The van der Waals surface area contributed by atoms with Crippen LogP contribution in [-0.2, 0) is 16.0 Å². The molecular weight excluding hydrogens is 479 g/mol. The second-order valence-corrected chi connectivity index (χ2v) is 8.01. The summed E-state index contributed by atoms with van der Waals surface area (Å²) < 4.78 is 5.31. The fraction of sp³-hybridized carbons (Fsp3) is 0.636. The van der Waals surface area contributed by atoms with Gasteiger partial charge in [-0.2, -0.15) is 0 Å². The minimum absolute atomic E-state index is 0. The van der Waals surface area contributed by atoms with E-state index >= 15 is 0 Å². The van der Waals surface area contributed by atoms with Gasteiger partial charge in [0.15, 0.2) is 5.96 Å². The van der Waals surface area contributed by atoms with Crippen molar-refractivity contribution in [3.8, 4) is 0 Å². The number of nitrogens with one attached hydrogen (secondary N) is 2. The number of nitrogens with zero attached hydrogens (tertiary/aromatic N) is 2. The van der Waals surface area contributed by atoms with Crippen LogP contribution in [-0.4, -0.2) is 52.3 Å². The van der Waals surface area contributed by atoms with Gasteiger partial charge in [0, 0.05) is 39.5 Å². The molecule has 1 saturated carbocycles. The number of hydrogen-bond acceptors (Lipinski definition) is 3. The second kappa shape index (κ2) is 11.7. The van der Waals surface area contributed by atoms with Crippen LogP contribution >= 0.6 is 24.0 Å². The molecule has 0 radical (unpaired) electrons. The topological polar surface area (TPSA) is 66.0 Å². The molecule has 3 rings (SSSR count). The SMILES string of the molecule is CN=C(NCC(=O)N1CCCc2ccccc21)NCC1(CCOC)CCCC1.I. The first kappa shape index (κ1) is 23.9. The minimum Gasteiger partial charge on any atom is -0.385 e. The van der Waals surface area contributed by atoms with Crippen LogP contribution in [0.1, 0.15) is 44.1 Å². The molecule has 1 aliphatic carbocycles. The van der Waals surface area contributed by atoms with E-state index in [4.69, 9.17) is 4.74 Å². The number of halogens is 1. The number of aliphatic imine (C=N–C) groups is 1. The van der Waals surface area contributed by atoms with Crippen molar-refractivity contribution in [1.82, 2.24) is 10.6 Å². The molecule has 6 nitrogen and oxygen atoms in total. The number of benzene rings is 1. The third-order valence-corrected chi connectivity index (χ3v) is 6.17. The smallest absolute Gasteiger partial charge is 0.246 e. The summed E-state index contributed by atoms with van der Waals surface area (Å²) in [5, 5.41) is 6.66. The van der Waals surface area contributed by atoms with Gasteiger partial charge in [-0.1, -0.05) is 31.0 Å². The molecule has 0 atom stereocenters. The lowest BCUT2D eigenvalue weighted by atomic mass is 9.83. The van der Waals surface area contributed by atoms with Gasteiger partial charge in [-0.15, -0.1) is 24.0 Å². The van der Waals surface area contributed by atoms with Gasteiger partial charge >= 0.3 is 0 Å². The molecule has 1 aromatic rings. The predicted octanol–water partition coefficient (Wildman–Crippen LogP) is 3.35. The Bertz CT molecular complexity index is 689. The van der Waals surface area contributed by atoms with Gasteiger partial charge in [0.25, 0.3) is 0 Å². The largest absolute Gasteiger partial charge is 0.385 e. The van der Waals surface area contributed by atoms with Crippen LogP contribution in [0.2, 0.25) is 0 Å². The molecule has 0 spiro atoms. The Balaban J connectivity index is 0.00000300. The number of hydrogen-bond donors (Lipinski definition) is 2. The second-order valence-electron chi connectivity index (χ2n) is 8.01. The maximum atomic E-state index is 12.8. The molecule has 0 unspecified atom stereocenters. The highest BCUT2D eigenvalue weighted by atomic mass is 127. The van der Waals surface area contributed by atoms with Crippen LogP contribution in [0, 0.1) is 5.41 Å². The molecule has 2 aliphatic rings. The van der Waals surface area contributed by atoms with Crippen molar-refractivity contribution in [2.24, 2.45) is 10.4 Å². The molecule has 0 bridgehead atoms. The number of carbonyl (C=O) groups excluding carboxylic acids is 1. The Hall–Kier alpha value is -1.35. The van der Waals surface area contributed by atoms with E-state index in [2.05, 4.69) is 21.7 Å². The third kappa shape index (κ3) is 6.31.